The Balaban J connectivity index is 1.54. The van der Waals surface area contributed by atoms with Gasteiger partial charge >= 0.3 is 6.03 Å². The van der Waals surface area contributed by atoms with Gasteiger partial charge < -0.3 is 0 Å². The van der Waals surface area contributed by atoms with Crippen LogP contribution in [0.15, 0.2) is 141 Å². The predicted octanol–water partition coefficient (Wildman–Crippen LogP) is 8.66. The number of urea groups is 1. The first kappa shape index (κ1) is 24.5. The highest BCUT2D eigenvalue weighted by Gasteiger charge is 2.80. The molecule has 0 spiro atoms. The molecule has 2 amide bonds. The van der Waals surface area contributed by atoms with Gasteiger partial charge in [0.25, 0.3) is 17.0 Å². The Morgan fingerprint density at radius 1 is 0.610 bits per heavy atom. The third kappa shape index (κ3) is 3.20. The number of hydrazine groups is 1. The Bertz CT molecular complexity index is 1880. The van der Waals surface area contributed by atoms with Crippen LogP contribution < -0.4 is 15.2 Å². The summed E-state index contributed by atoms with van der Waals surface area (Å²) in [4.78, 5) is 20.6. The molecule has 2 heterocycles. The molecule has 8 heteroatoms. The predicted molar refractivity (Wildman–Crippen MR) is 166 cm³/mol. The van der Waals surface area contributed by atoms with Gasteiger partial charge in [-0.2, -0.15) is 0 Å². The van der Waals surface area contributed by atoms with E-state index in [2.05, 4.69) is 61.6 Å². The highest BCUT2D eigenvalue weighted by atomic mass is 79.9. The summed E-state index contributed by atoms with van der Waals surface area (Å²) in [5.41, 5.74) is 7.89. The number of fused-ring (bicyclic) bond motifs is 3. The molecule has 1 N–H and O–H groups in total. The van der Waals surface area contributed by atoms with Gasteiger partial charge in [0.1, 0.15) is 0 Å². The summed E-state index contributed by atoms with van der Waals surface area (Å²) in [5.74, 6) is 0. The van der Waals surface area contributed by atoms with Gasteiger partial charge in [-0.05, 0) is 59.7 Å². The Labute approximate surface area is 253 Å². The zero-order valence-corrected chi connectivity index (χ0v) is 24.7. The van der Waals surface area contributed by atoms with Crippen molar-refractivity contribution >= 4 is 55.0 Å². The van der Waals surface area contributed by atoms with Gasteiger partial charge in [-0.15, -0.1) is 5.43 Å². The fourth-order valence-corrected chi connectivity index (χ4v) is 7.06. The Morgan fingerprint density at radius 3 is 1.83 bits per heavy atom. The number of halogens is 2. The molecule has 0 unspecified atom stereocenters. The van der Waals surface area contributed by atoms with E-state index in [4.69, 9.17) is 5.11 Å². The highest BCUT2D eigenvalue weighted by Crippen LogP contribution is 2.64. The third-order valence-electron chi connectivity index (χ3n) is 8.14. The molecule has 0 aromatic heterocycles. The SMILES string of the molecule is O=C1N(c2ccccc2)[C@@]23N[N+](c4ccc(Br)cc4)=N[C@@]2(c2ccccc2-c2ccccc23)N1c1ccc(Br)cc1. The topological polar surface area (TPSA) is 51.0 Å². The number of carbonyl (C=O) groups excluding carboxylic acids is 1. The first-order valence-electron chi connectivity index (χ1n) is 13.3. The lowest BCUT2D eigenvalue weighted by molar-refractivity contribution is -0.568. The van der Waals surface area contributed by atoms with Crippen molar-refractivity contribution in [2.45, 2.75) is 11.3 Å². The summed E-state index contributed by atoms with van der Waals surface area (Å²) in [6, 6.07) is 42.2. The smallest absolute Gasteiger partial charge is 0.257 e. The molecule has 5 aromatic rings. The molecule has 2 atom stereocenters. The van der Waals surface area contributed by atoms with Crippen LogP contribution in [-0.4, -0.2) is 10.8 Å². The van der Waals surface area contributed by atoms with Crippen molar-refractivity contribution in [2.75, 3.05) is 9.80 Å². The Morgan fingerprint density at radius 2 is 1.15 bits per heavy atom. The van der Waals surface area contributed by atoms with Crippen LogP contribution in [0.3, 0.4) is 0 Å². The second-order valence-electron chi connectivity index (χ2n) is 10.2. The first-order valence-corrected chi connectivity index (χ1v) is 14.8. The average molecular weight is 664 g/mol. The number of rotatable bonds is 3. The number of anilines is 2. The molecule has 1 fully saturated rings. The fraction of sp³-hybridized carbons (Fsp3) is 0.0606. The molecule has 5 aromatic carbocycles. The quantitative estimate of drug-likeness (QED) is 0.197. The molecule has 8 rings (SSSR count). The summed E-state index contributed by atoms with van der Waals surface area (Å²) < 4.78 is 1.91. The minimum Gasteiger partial charge on any atom is -0.257 e. The van der Waals surface area contributed by atoms with Gasteiger partial charge in [0, 0.05) is 53.5 Å². The van der Waals surface area contributed by atoms with Crippen molar-refractivity contribution in [1.29, 1.82) is 0 Å². The molecule has 3 aliphatic rings. The number of amides is 2. The van der Waals surface area contributed by atoms with Crippen molar-refractivity contribution in [3.05, 3.63) is 147 Å². The molecule has 198 valence electrons. The largest absolute Gasteiger partial charge is 0.334 e. The maximum atomic E-state index is 15.0. The van der Waals surface area contributed by atoms with E-state index in [0.29, 0.717) is 0 Å². The Hall–Kier alpha value is -4.27. The van der Waals surface area contributed by atoms with Crippen LogP contribution in [0.2, 0.25) is 0 Å². The van der Waals surface area contributed by atoms with Crippen LogP contribution in [-0.2, 0) is 11.3 Å². The standard InChI is InChI=1S/C33H22Br2N5O/c34-22-14-18-25(19-15-22)39-31(41)38(24-8-2-1-3-9-24)32-29-12-6-4-10-27(29)28-11-5-7-13-30(28)33(32,39)37-40(36-32)26-20-16-23(35)17-21-26/h1-21H,(H,36,37)/q+1/t32-,33+/m1/s1. The van der Waals surface area contributed by atoms with Crippen LogP contribution in [0, 0.1) is 0 Å². The van der Waals surface area contributed by atoms with Crippen molar-refractivity contribution in [2.24, 2.45) is 5.11 Å². The van der Waals surface area contributed by atoms with Crippen molar-refractivity contribution in [1.82, 2.24) is 5.43 Å². The molecule has 41 heavy (non-hydrogen) atoms. The highest BCUT2D eigenvalue weighted by molar-refractivity contribution is 9.10. The zero-order valence-electron chi connectivity index (χ0n) is 21.6. The van der Waals surface area contributed by atoms with E-state index in [9.17, 15) is 4.79 Å². The second kappa shape index (κ2) is 8.86. The molecule has 0 bridgehead atoms. The zero-order chi connectivity index (χ0) is 27.8. The van der Waals surface area contributed by atoms with Gasteiger partial charge in [-0.3, -0.25) is 9.80 Å². The lowest BCUT2D eigenvalue weighted by Gasteiger charge is -2.44. The van der Waals surface area contributed by atoms with Crippen molar-refractivity contribution < 1.29 is 9.60 Å². The number of carbonyl (C=O) groups is 1. The molecule has 2 aliphatic heterocycles. The van der Waals surface area contributed by atoms with E-state index >= 15 is 0 Å². The molecule has 0 radical (unpaired) electrons. The molecule has 6 nitrogen and oxygen atoms in total. The van der Waals surface area contributed by atoms with Gasteiger partial charge in [-0.1, -0.05) is 98.6 Å². The maximum Gasteiger partial charge on any atom is 0.334 e. The number of azo groups is 1. The van der Waals surface area contributed by atoms with Gasteiger partial charge in [-0.25, -0.2) is 4.79 Å². The Kier molecular flexibility index (Phi) is 5.30. The van der Waals surface area contributed by atoms with E-state index in [1.54, 1.807) is 0 Å². The van der Waals surface area contributed by atoms with E-state index in [0.717, 1.165) is 48.3 Å². The van der Waals surface area contributed by atoms with Crippen LogP contribution >= 0.6 is 31.9 Å². The molecule has 1 aliphatic carbocycles. The fourth-order valence-electron chi connectivity index (χ4n) is 6.53. The molecule has 1 saturated heterocycles. The molecular formula is C33H22Br2N5O+. The van der Waals surface area contributed by atoms with E-state index in [1.807, 2.05) is 118 Å². The maximum absolute atomic E-state index is 15.0. The van der Waals surface area contributed by atoms with E-state index < -0.39 is 11.3 Å². The monoisotopic (exact) mass is 662 g/mol. The normalized spacial score (nSPS) is 21.9. The van der Waals surface area contributed by atoms with Crippen LogP contribution in [0.1, 0.15) is 11.1 Å². The molecular weight excluding hydrogens is 642 g/mol. The van der Waals surface area contributed by atoms with Crippen LogP contribution in [0.4, 0.5) is 21.9 Å². The van der Waals surface area contributed by atoms with Crippen molar-refractivity contribution in [3.8, 4) is 11.1 Å². The lowest BCUT2D eigenvalue weighted by atomic mass is 9.71. The number of hydrogen-bond donors (Lipinski definition) is 1. The summed E-state index contributed by atoms with van der Waals surface area (Å²) >= 11 is 7.13. The summed E-state index contributed by atoms with van der Waals surface area (Å²) in [5, 5.41) is 5.50. The minimum atomic E-state index is -1.19. The lowest BCUT2D eigenvalue weighted by Crippen LogP contribution is -2.63. The van der Waals surface area contributed by atoms with Gasteiger partial charge in [0.05, 0.1) is 0 Å². The van der Waals surface area contributed by atoms with Gasteiger partial charge in [0.2, 0.25) is 0 Å². The average Bonchev–Trinajstić information content (AvgIpc) is 3.47. The second-order valence-corrected chi connectivity index (χ2v) is 12.1. The van der Waals surface area contributed by atoms with E-state index in [-0.39, 0.29) is 6.03 Å². The third-order valence-corrected chi connectivity index (χ3v) is 9.20. The summed E-state index contributed by atoms with van der Waals surface area (Å²) in [6.45, 7) is 0. The number of para-hydroxylation sites is 1. The molecule has 0 saturated carbocycles. The summed E-state index contributed by atoms with van der Waals surface area (Å²) in [6.07, 6.45) is 0. The first-order chi connectivity index (χ1) is 20.0. The minimum absolute atomic E-state index is 0.170. The van der Waals surface area contributed by atoms with E-state index in [1.165, 1.54) is 0 Å². The van der Waals surface area contributed by atoms with Gasteiger partial charge in [0.15, 0.2) is 0 Å². The number of nitrogens with one attached hydrogen (secondary N) is 1. The number of hydrogen-bond acceptors (Lipinski definition) is 3. The van der Waals surface area contributed by atoms with Crippen molar-refractivity contribution in [3.63, 3.8) is 0 Å². The number of benzene rings is 5. The summed E-state index contributed by atoms with van der Waals surface area (Å²) in [7, 11) is 0. The van der Waals surface area contributed by atoms with Crippen LogP contribution in [0.5, 0.6) is 0 Å². The van der Waals surface area contributed by atoms with Crippen LogP contribution in [0.25, 0.3) is 11.1 Å². The number of nitrogens with zero attached hydrogens (tertiary/aromatic N) is 4.